The molecule has 0 spiro atoms. The molecule has 1 aromatic rings. The van der Waals surface area contributed by atoms with Crippen molar-refractivity contribution >= 4 is 5.91 Å². The number of hydrogen-bond acceptors (Lipinski definition) is 3. The SMILES string of the molecule is Cc1cccc(OCC(=O)N2CCOC(C)C2)c1. The Labute approximate surface area is 107 Å². The minimum Gasteiger partial charge on any atom is -0.484 e. The van der Waals surface area contributed by atoms with Crippen LogP contribution in [0.2, 0.25) is 0 Å². The Morgan fingerprint density at radius 3 is 3.11 bits per heavy atom. The molecular formula is C14H19NO3. The Kier molecular flexibility index (Phi) is 4.20. The fraction of sp³-hybridized carbons (Fsp3) is 0.500. The lowest BCUT2D eigenvalue weighted by molar-refractivity contribution is -0.140. The van der Waals surface area contributed by atoms with Gasteiger partial charge in [-0.2, -0.15) is 0 Å². The van der Waals surface area contributed by atoms with Crippen molar-refractivity contribution in [2.24, 2.45) is 0 Å². The van der Waals surface area contributed by atoms with Crippen LogP contribution >= 0.6 is 0 Å². The molecule has 1 amide bonds. The van der Waals surface area contributed by atoms with E-state index in [2.05, 4.69) is 0 Å². The van der Waals surface area contributed by atoms with Gasteiger partial charge in [-0.1, -0.05) is 12.1 Å². The molecule has 1 aliphatic heterocycles. The highest BCUT2D eigenvalue weighted by Crippen LogP contribution is 2.13. The van der Waals surface area contributed by atoms with Gasteiger partial charge in [0.15, 0.2) is 6.61 Å². The van der Waals surface area contributed by atoms with E-state index in [0.29, 0.717) is 19.7 Å². The van der Waals surface area contributed by atoms with Gasteiger partial charge in [0.25, 0.3) is 5.91 Å². The van der Waals surface area contributed by atoms with Gasteiger partial charge in [-0.25, -0.2) is 0 Å². The van der Waals surface area contributed by atoms with Crippen molar-refractivity contribution in [1.82, 2.24) is 4.90 Å². The van der Waals surface area contributed by atoms with Gasteiger partial charge in [-0.15, -0.1) is 0 Å². The highest BCUT2D eigenvalue weighted by Gasteiger charge is 2.21. The van der Waals surface area contributed by atoms with Crippen LogP contribution in [-0.2, 0) is 9.53 Å². The van der Waals surface area contributed by atoms with Crippen LogP contribution in [-0.4, -0.2) is 43.2 Å². The third-order valence-electron chi connectivity index (χ3n) is 2.95. The molecule has 0 saturated carbocycles. The summed E-state index contributed by atoms with van der Waals surface area (Å²) in [6.45, 7) is 5.98. The average molecular weight is 249 g/mol. The molecule has 0 bridgehead atoms. The van der Waals surface area contributed by atoms with Gasteiger partial charge in [-0.05, 0) is 31.5 Å². The summed E-state index contributed by atoms with van der Waals surface area (Å²) in [5.41, 5.74) is 1.12. The molecule has 4 heteroatoms. The fourth-order valence-corrected chi connectivity index (χ4v) is 1.99. The van der Waals surface area contributed by atoms with Crippen LogP contribution in [0, 0.1) is 6.92 Å². The Balaban J connectivity index is 1.84. The van der Waals surface area contributed by atoms with Crippen molar-refractivity contribution in [1.29, 1.82) is 0 Å². The number of benzene rings is 1. The van der Waals surface area contributed by atoms with E-state index < -0.39 is 0 Å². The van der Waals surface area contributed by atoms with Crippen LogP contribution in [0.1, 0.15) is 12.5 Å². The zero-order valence-electron chi connectivity index (χ0n) is 10.9. The maximum absolute atomic E-state index is 11.9. The number of carbonyl (C=O) groups is 1. The van der Waals surface area contributed by atoms with Gasteiger partial charge in [0.2, 0.25) is 0 Å². The van der Waals surface area contributed by atoms with Gasteiger partial charge in [0, 0.05) is 13.1 Å². The topological polar surface area (TPSA) is 38.8 Å². The number of carbonyl (C=O) groups excluding carboxylic acids is 1. The van der Waals surface area contributed by atoms with E-state index in [1.165, 1.54) is 0 Å². The second kappa shape index (κ2) is 5.87. The first-order valence-electron chi connectivity index (χ1n) is 6.24. The largest absolute Gasteiger partial charge is 0.484 e. The van der Waals surface area contributed by atoms with Crippen molar-refractivity contribution in [3.05, 3.63) is 29.8 Å². The quantitative estimate of drug-likeness (QED) is 0.817. The number of rotatable bonds is 3. The van der Waals surface area contributed by atoms with E-state index in [9.17, 15) is 4.79 Å². The highest BCUT2D eigenvalue weighted by atomic mass is 16.5. The van der Waals surface area contributed by atoms with Crippen LogP contribution in [0.25, 0.3) is 0 Å². The summed E-state index contributed by atoms with van der Waals surface area (Å²) in [7, 11) is 0. The van der Waals surface area contributed by atoms with Crippen molar-refractivity contribution in [2.75, 3.05) is 26.3 Å². The summed E-state index contributed by atoms with van der Waals surface area (Å²) in [5.74, 6) is 0.760. The first-order valence-corrected chi connectivity index (χ1v) is 6.24. The smallest absolute Gasteiger partial charge is 0.260 e. The van der Waals surface area contributed by atoms with Crippen molar-refractivity contribution in [3.63, 3.8) is 0 Å². The van der Waals surface area contributed by atoms with E-state index >= 15 is 0 Å². The van der Waals surface area contributed by atoms with Crippen LogP contribution < -0.4 is 4.74 Å². The maximum atomic E-state index is 11.9. The minimum atomic E-state index is 0.0201. The molecule has 1 unspecified atom stereocenters. The number of morpholine rings is 1. The van der Waals surface area contributed by atoms with Crippen LogP contribution in [0.15, 0.2) is 24.3 Å². The molecule has 1 aromatic carbocycles. The Bertz CT molecular complexity index is 419. The first kappa shape index (κ1) is 12.9. The second-order valence-corrected chi connectivity index (χ2v) is 4.63. The second-order valence-electron chi connectivity index (χ2n) is 4.63. The molecule has 1 saturated heterocycles. The van der Waals surface area contributed by atoms with Gasteiger partial charge < -0.3 is 14.4 Å². The summed E-state index contributed by atoms with van der Waals surface area (Å²) in [4.78, 5) is 13.7. The van der Waals surface area contributed by atoms with Crippen LogP contribution in [0.4, 0.5) is 0 Å². The highest BCUT2D eigenvalue weighted by molar-refractivity contribution is 5.77. The zero-order chi connectivity index (χ0) is 13.0. The molecule has 1 fully saturated rings. The van der Waals surface area contributed by atoms with Crippen molar-refractivity contribution in [3.8, 4) is 5.75 Å². The van der Waals surface area contributed by atoms with Crippen LogP contribution in [0.5, 0.6) is 5.75 Å². The van der Waals surface area contributed by atoms with Crippen molar-refractivity contribution < 1.29 is 14.3 Å². The Morgan fingerprint density at radius 2 is 2.39 bits per heavy atom. The molecule has 0 radical (unpaired) electrons. The molecule has 18 heavy (non-hydrogen) atoms. The molecule has 98 valence electrons. The van der Waals surface area contributed by atoms with E-state index in [0.717, 1.165) is 11.3 Å². The lowest BCUT2D eigenvalue weighted by Crippen LogP contribution is -2.46. The Morgan fingerprint density at radius 1 is 1.56 bits per heavy atom. The molecule has 1 aliphatic rings. The average Bonchev–Trinajstić information content (AvgIpc) is 2.36. The molecule has 2 rings (SSSR count). The zero-order valence-corrected chi connectivity index (χ0v) is 10.9. The summed E-state index contributed by atoms with van der Waals surface area (Å²) >= 11 is 0. The molecule has 0 aromatic heterocycles. The molecule has 0 N–H and O–H groups in total. The summed E-state index contributed by atoms with van der Waals surface area (Å²) in [5, 5.41) is 0. The molecular weight excluding hydrogens is 230 g/mol. The maximum Gasteiger partial charge on any atom is 0.260 e. The number of hydrogen-bond donors (Lipinski definition) is 0. The number of ether oxygens (including phenoxy) is 2. The van der Waals surface area contributed by atoms with Gasteiger partial charge in [-0.3, -0.25) is 4.79 Å². The third-order valence-corrected chi connectivity index (χ3v) is 2.95. The lowest BCUT2D eigenvalue weighted by Gasteiger charge is -2.31. The fourth-order valence-electron chi connectivity index (χ4n) is 1.99. The number of amides is 1. The van der Waals surface area contributed by atoms with E-state index in [1.54, 1.807) is 4.90 Å². The van der Waals surface area contributed by atoms with Crippen LogP contribution in [0.3, 0.4) is 0 Å². The standard InChI is InChI=1S/C14H19NO3/c1-11-4-3-5-13(8-11)18-10-14(16)15-6-7-17-12(2)9-15/h3-5,8,12H,6-7,9-10H2,1-2H3. The minimum absolute atomic E-state index is 0.0201. The summed E-state index contributed by atoms with van der Waals surface area (Å²) in [6.07, 6.45) is 0.113. The molecule has 0 aliphatic carbocycles. The summed E-state index contributed by atoms with van der Waals surface area (Å²) in [6, 6.07) is 7.71. The molecule has 1 atom stereocenters. The van der Waals surface area contributed by atoms with E-state index in [1.807, 2.05) is 38.1 Å². The molecule has 1 heterocycles. The predicted octanol–water partition coefficient (Wildman–Crippen LogP) is 1.62. The first-order chi connectivity index (χ1) is 8.65. The summed E-state index contributed by atoms with van der Waals surface area (Å²) < 4.78 is 10.9. The van der Waals surface area contributed by atoms with Gasteiger partial charge >= 0.3 is 0 Å². The number of aryl methyl sites for hydroxylation is 1. The van der Waals surface area contributed by atoms with E-state index in [4.69, 9.17) is 9.47 Å². The van der Waals surface area contributed by atoms with E-state index in [-0.39, 0.29) is 18.6 Å². The van der Waals surface area contributed by atoms with Gasteiger partial charge in [0.05, 0.1) is 12.7 Å². The normalized spacial score (nSPS) is 19.7. The monoisotopic (exact) mass is 249 g/mol. The molecule has 4 nitrogen and oxygen atoms in total. The lowest BCUT2D eigenvalue weighted by atomic mass is 10.2. The Hall–Kier alpha value is -1.55. The third kappa shape index (κ3) is 3.47. The predicted molar refractivity (Wildman–Crippen MR) is 68.7 cm³/mol. The number of nitrogens with zero attached hydrogens (tertiary/aromatic N) is 1. The van der Waals surface area contributed by atoms with Gasteiger partial charge in [0.1, 0.15) is 5.75 Å². The van der Waals surface area contributed by atoms with Crippen molar-refractivity contribution in [2.45, 2.75) is 20.0 Å².